The third-order valence-electron chi connectivity index (χ3n) is 3.86. The first-order chi connectivity index (χ1) is 14.3. The maximum Gasteiger partial charge on any atom is 0.318 e. The Kier molecular flexibility index (Phi) is 5.73. The number of nitro groups is 3. The zero-order valence-electron chi connectivity index (χ0n) is 15.1. The van der Waals surface area contributed by atoms with Gasteiger partial charge in [0.15, 0.2) is 0 Å². The van der Waals surface area contributed by atoms with E-state index in [1.54, 1.807) is 24.3 Å². The predicted octanol–water partition coefficient (Wildman–Crippen LogP) is 4.95. The van der Waals surface area contributed by atoms with Gasteiger partial charge in [0, 0.05) is 24.4 Å². The maximum atomic E-state index is 11.2. The van der Waals surface area contributed by atoms with Crippen LogP contribution in [0.15, 0.2) is 71.7 Å². The molecule has 0 unspecified atom stereocenters. The highest BCUT2D eigenvalue weighted by Crippen LogP contribution is 2.34. The number of hydrogen-bond acceptors (Lipinski definition) is 8. The molecule has 30 heavy (non-hydrogen) atoms. The molecule has 0 heterocycles. The van der Waals surface area contributed by atoms with Crippen molar-refractivity contribution in [1.82, 2.24) is 0 Å². The molecule has 0 aliphatic carbocycles. The van der Waals surface area contributed by atoms with E-state index in [0.29, 0.717) is 11.3 Å². The second kappa shape index (κ2) is 8.56. The minimum absolute atomic E-state index is 0.0472. The Labute approximate surface area is 168 Å². The van der Waals surface area contributed by atoms with Gasteiger partial charge >= 0.3 is 5.69 Å². The van der Waals surface area contributed by atoms with Gasteiger partial charge in [-0.05, 0) is 35.9 Å². The number of aliphatic imine (C=N–C) groups is 1. The SMILES string of the molecule is O=[N+]([O-])c1ccc(N=Cc2cccc(Oc3ccc([N+](=O)[O-])cc3[N+](=O)[O-])c2)cc1. The summed E-state index contributed by atoms with van der Waals surface area (Å²) in [7, 11) is 0. The summed E-state index contributed by atoms with van der Waals surface area (Å²) in [5.74, 6) is 0.120. The topological polar surface area (TPSA) is 151 Å². The van der Waals surface area contributed by atoms with Crippen LogP contribution in [0.3, 0.4) is 0 Å². The van der Waals surface area contributed by atoms with E-state index in [1.165, 1.54) is 30.5 Å². The van der Waals surface area contributed by atoms with E-state index in [0.717, 1.165) is 18.2 Å². The van der Waals surface area contributed by atoms with Crippen LogP contribution in [-0.4, -0.2) is 21.0 Å². The number of non-ortho nitro benzene ring substituents is 2. The number of hydrogen-bond donors (Lipinski definition) is 0. The molecule has 3 rings (SSSR count). The Morgan fingerprint density at radius 2 is 1.43 bits per heavy atom. The van der Waals surface area contributed by atoms with Gasteiger partial charge in [-0.2, -0.15) is 0 Å². The van der Waals surface area contributed by atoms with Crippen LogP contribution in [-0.2, 0) is 0 Å². The average molecular weight is 408 g/mol. The summed E-state index contributed by atoms with van der Waals surface area (Å²) in [4.78, 5) is 34.9. The van der Waals surface area contributed by atoms with Crippen LogP contribution >= 0.6 is 0 Å². The standard InChI is InChI=1S/C19H12N4O7/c24-21(25)15-6-4-14(5-7-15)20-12-13-2-1-3-17(10-13)30-19-9-8-16(22(26)27)11-18(19)23(28)29/h1-12H. The van der Waals surface area contributed by atoms with Crippen molar-refractivity contribution >= 4 is 29.0 Å². The number of nitro benzene ring substituents is 3. The van der Waals surface area contributed by atoms with Crippen molar-refractivity contribution in [2.45, 2.75) is 0 Å². The zero-order chi connectivity index (χ0) is 21.7. The molecule has 150 valence electrons. The highest BCUT2D eigenvalue weighted by molar-refractivity contribution is 5.82. The number of rotatable bonds is 7. The Balaban J connectivity index is 1.81. The van der Waals surface area contributed by atoms with Crippen LogP contribution in [0.5, 0.6) is 11.5 Å². The predicted molar refractivity (Wildman–Crippen MR) is 107 cm³/mol. The summed E-state index contributed by atoms with van der Waals surface area (Å²) in [5, 5.41) is 32.7. The van der Waals surface area contributed by atoms with Crippen molar-refractivity contribution in [3.63, 3.8) is 0 Å². The molecule has 0 aliphatic rings. The molecule has 0 radical (unpaired) electrons. The zero-order valence-corrected chi connectivity index (χ0v) is 15.1. The van der Waals surface area contributed by atoms with Gasteiger partial charge in [-0.3, -0.25) is 35.3 Å². The van der Waals surface area contributed by atoms with Gasteiger partial charge in [0.25, 0.3) is 11.4 Å². The molecule has 0 saturated carbocycles. The second-order valence-electron chi connectivity index (χ2n) is 5.87. The van der Waals surface area contributed by atoms with Crippen LogP contribution < -0.4 is 4.74 Å². The van der Waals surface area contributed by atoms with Crippen LogP contribution in [0.25, 0.3) is 0 Å². The molecule has 0 aliphatic heterocycles. The summed E-state index contributed by atoms with van der Waals surface area (Å²) in [5.41, 5.74) is 0.106. The lowest BCUT2D eigenvalue weighted by atomic mass is 10.2. The Morgan fingerprint density at radius 1 is 0.767 bits per heavy atom. The number of ether oxygens (including phenoxy) is 1. The molecule has 11 nitrogen and oxygen atoms in total. The van der Waals surface area contributed by atoms with Gasteiger partial charge in [-0.15, -0.1) is 0 Å². The Morgan fingerprint density at radius 3 is 2.07 bits per heavy atom. The molecule has 0 saturated heterocycles. The molecule has 0 atom stereocenters. The monoisotopic (exact) mass is 408 g/mol. The van der Waals surface area contributed by atoms with Gasteiger partial charge in [0.1, 0.15) is 5.75 Å². The van der Waals surface area contributed by atoms with E-state index in [4.69, 9.17) is 4.74 Å². The molecule has 11 heteroatoms. The average Bonchev–Trinajstić information content (AvgIpc) is 2.73. The van der Waals surface area contributed by atoms with Gasteiger partial charge in [-0.25, -0.2) is 0 Å². The summed E-state index contributed by atoms with van der Waals surface area (Å²) < 4.78 is 5.54. The fourth-order valence-electron chi connectivity index (χ4n) is 2.44. The summed E-state index contributed by atoms with van der Waals surface area (Å²) in [6.45, 7) is 0. The molecule has 0 fully saturated rings. The van der Waals surface area contributed by atoms with Crippen LogP contribution in [0.1, 0.15) is 5.56 Å². The minimum atomic E-state index is -0.762. The van der Waals surface area contributed by atoms with Crippen molar-refractivity contribution in [3.8, 4) is 11.5 Å². The lowest BCUT2D eigenvalue weighted by molar-refractivity contribution is -0.394. The Hall–Kier alpha value is -4.67. The van der Waals surface area contributed by atoms with E-state index in [2.05, 4.69) is 4.99 Å². The van der Waals surface area contributed by atoms with Crippen LogP contribution in [0.4, 0.5) is 22.7 Å². The second-order valence-corrected chi connectivity index (χ2v) is 5.87. The fourth-order valence-corrected chi connectivity index (χ4v) is 2.44. The van der Waals surface area contributed by atoms with E-state index in [9.17, 15) is 30.3 Å². The van der Waals surface area contributed by atoms with Gasteiger partial charge in [0.2, 0.25) is 5.75 Å². The highest BCUT2D eigenvalue weighted by Gasteiger charge is 2.21. The molecule has 0 spiro atoms. The first kappa shape index (κ1) is 20.1. The first-order valence-electron chi connectivity index (χ1n) is 8.33. The largest absolute Gasteiger partial charge is 0.450 e. The maximum absolute atomic E-state index is 11.2. The van der Waals surface area contributed by atoms with Crippen LogP contribution in [0.2, 0.25) is 0 Å². The normalized spacial score (nSPS) is 10.7. The molecular formula is C19H12N4O7. The van der Waals surface area contributed by atoms with Crippen LogP contribution in [0, 0.1) is 30.3 Å². The van der Waals surface area contributed by atoms with Crippen molar-refractivity contribution in [3.05, 3.63) is 103 Å². The Bertz CT molecular complexity index is 1160. The molecule has 0 bridgehead atoms. The smallest absolute Gasteiger partial charge is 0.318 e. The van der Waals surface area contributed by atoms with Crippen molar-refractivity contribution in [2.75, 3.05) is 0 Å². The third kappa shape index (κ3) is 4.78. The molecular weight excluding hydrogens is 396 g/mol. The quantitative estimate of drug-likeness (QED) is 0.304. The van der Waals surface area contributed by atoms with E-state index in [-0.39, 0.29) is 17.2 Å². The van der Waals surface area contributed by atoms with Gasteiger partial charge < -0.3 is 4.74 Å². The third-order valence-corrected chi connectivity index (χ3v) is 3.86. The number of nitrogens with zero attached hydrogens (tertiary/aromatic N) is 4. The van der Waals surface area contributed by atoms with Gasteiger partial charge in [-0.1, -0.05) is 12.1 Å². The van der Waals surface area contributed by atoms with E-state index < -0.39 is 26.1 Å². The first-order valence-corrected chi connectivity index (χ1v) is 8.33. The van der Waals surface area contributed by atoms with E-state index in [1.807, 2.05) is 0 Å². The lowest BCUT2D eigenvalue weighted by Gasteiger charge is -2.07. The van der Waals surface area contributed by atoms with Crippen molar-refractivity contribution in [1.29, 1.82) is 0 Å². The summed E-state index contributed by atoms with van der Waals surface area (Å²) >= 11 is 0. The molecule has 0 amide bonds. The fraction of sp³-hybridized carbons (Fsp3) is 0. The van der Waals surface area contributed by atoms with Crippen molar-refractivity contribution in [2.24, 2.45) is 4.99 Å². The molecule has 3 aromatic carbocycles. The van der Waals surface area contributed by atoms with Crippen molar-refractivity contribution < 1.29 is 19.5 Å². The van der Waals surface area contributed by atoms with E-state index >= 15 is 0 Å². The lowest BCUT2D eigenvalue weighted by Crippen LogP contribution is -1.96. The molecule has 0 aromatic heterocycles. The molecule has 3 aromatic rings. The number of benzene rings is 3. The summed E-state index contributed by atoms with van der Waals surface area (Å²) in [6, 6.07) is 15.2. The van der Waals surface area contributed by atoms with Gasteiger partial charge in [0.05, 0.1) is 26.5 Å². The minimum Gasteiger partial charge on any atom is -0.450 e. The highest BCUT2D eigenvalue weighted by atomic mass is 16.6. The summed E-state index contributed by atoms with van der Waals surface area (Å²) in [6.07, 6.45) is 1.50. The molecule has 0 N–H and O–H groups in total.